The minimum atomic E-state index is -5.31. The van der Waals surface area contributed by atoms with Crippen LogP contribution in [0.1, 0.15) is 11.1 Å². The molecule has 3 N–H and O–H groups in total. The van der Waals surface area contributed by atoms with Crippen molar-refractivity contribution in [1.82, 2.24) is 5.48 Å². The van der Waals surface area contributed by atoms with Gasteiger partial charge in [0, 0.05) is 0 Å². The van der Waals surface area contributed by atoms with Crippen LogP contribution in [0.3, 0.4) is 0 Å². The second-order valence-electron chi connectivity index (χ2n) is 6.42. The third-order valence-corrected chi connectivity index (χ3v) is 4.14. The lowest BCUT2D eigenvalue weighted by Gasteiger charge is -2.22. The van der Waals surface area contributed by atoms with E-state index in [-0.39, 0.29) is 17.4 Å². The highest BCUT2D eigenvalue weighted by molar-refractivity contribution is 5.97. The van der Waals surface area contributed by atoms with E-state index in [9.17, 15) is 22.8 Å². The Balaban J connectivity index is 1.83. The van der Waals surface area contributed by atoms with Crippen molar-refractivity contribution in [2.75, 3.05) is 5.06 Å². The van der Waals surface area contributed by atoms with E-state index < -0.39 is 18.2 Å². The molecule has 0 aliphatic rings. The van der Waals surface area contributed by atoms with Crippen molar-refractivity contribution in [3.63, 3.8) is 0 Å². The molecule has 3 aromatic carbocycles. The van der Waals surface area contributed by atoms with Gasteiger partial charge in [-0.2, -0.15) is 18.3 Å². The van der Waals surface area contributed by atoms with Crippen LogP contribution in [0.25, 0.3) is 10.8 Å². The molecule has 0 heterocycles. The summed E-state index contributed by atoms with van der Waals surface area (Å²) in [5, 5.41) is 4.85. The first kappa shape index (κ1) is 22.6. The van der Waals surface area contributed by atoms with Crippen LogP contribution < -0.4 is 16.4 Å². The predicted octanol–water partition coefficient (Wildman–Crippen LogP) is 3.80. The number of urea groups is 1. The maximum Gasteiger partial charge on any atom is 0.493 e. The minimum Gasteiger partial charge on any atom is -0.323 e. The second-order valence-corrected chi connectivity index (χ2v) is 6.42. The number of carbonyl (C=O) groups excluding carboxylic acids is 2. The number of benzene rings is 3. The van der Waals surface area contributed by atoms with Gasteiger partial charge in [0.05, 0.1) is 18.5 Å². The van der Waals surface area contributed by atoms with E-state index in [1.807, 2.05) is 5.48 Å². The third-order valence-electron chi connectivity index (χ3n) is 4.14. The molecule has 2 amide bonds. The van der Waals surface area contributed by atoms with Gasteiger partial charge in [0.1, 0.15) is 0 Å². The number of carbonyl (C=O) groups is 2. The molecule has 0 aliphatic heterocycles. The highest BCUT2D eigenvalue weighted by atomic mass is 19.4. The summed E-state index contributed by atoms with van der Waals surface area (Å²) in [5.41, 5.74) is 3.24. The molecule has 0 saturated heterocycles. The number of anilines is 1. The van der Waals surface area contributed by atoms with Crippen LogP contribution in [0.2, 0.25) is 0 Å². The van der Waals surface area contributed by atoms with Crippen molar-refractivity contribution < 1.29 is 32.4 Å². The number of alkyl halides is 3. The first-order valence-electron chi connectivity index (χ1n) is 9.10. The summed E-state index contributed by atoms with van der Waals surface area (Å²) in [7, 11) is 0. The smallest absolute Gasteiger partial charge is 0.323 e. The van der Waals surface area contributed by atoms with Gasteiger partial charge in [-0.05, 0) is 40.1 Å². The maximum absolute atomic E-state index is 12.7. The molecule has 3 rings (SSSR count). The van der Waals surface area contributed by atoms with Gasteiger partial charge in [0.25, 0.3) is 0 Å². The van der Waals surface area contributed by atoms with Crippen molar-refractivity contribution in [3.05, 3.63) is 77.9 Å². The van der Waals surface area contributed by atoms with Crippen LogP contribution in [0, 0.1) is 0 Å². The lowest BCUT2D eigenvalue weighted by Crippen LogP contribution is -2.44. The Morgan fingerprint density at radius 1 is 1.03 bits per heavy atom. The van der Waals surface area contributed by atoms with Crippen LogP contribution in [0.5, 0.6) is 0 Å². The number of nitrogens with two attached hydrogens (primary N) is 1. The number of fused-ring (bicyclic) bond motifs is 1. The molecule has 32 heavy (non-hydrogen) atoms. The summed E-state index contributed by atoms with van der Waals surface area (Å²) in [5.74, 6) is 2.56. The summed E-state index contributed by atoms with van der Waals surface area (Å²) in [4.78, 5) is 33.2. The van der Waals surface area contributed by atoms with E-state index >= 15 is 0 Å². The lowest BCUT2D eigenvalue weighted by molar-refractivity contribution is -0.200. The molecule has 0 fully saturated rings. The number of hydrazone groups is 1. The molecule has 0 atom stereocenters. The van der Waals surface area contributed by atoms with Crippen molar-refractivity contribution >= 4 is 34.7 Å². The van der Waals surface area contributed by atoms with E-state index in [1.165, 1.54) is 24.4 Å². The number of nitrogens with one attached hydrogen (secondary N) is 1. The Morgan fingerprint density at radius 3 is 2.41 bits per heavy atom. The molecular formula is C21H17F3N4O4. The van der Waals surface area contributed by atoms with Gasteiger partial charge in [0.15, 0.2) is 0 Å². The highest BCUT2D eigenvalue weighted by Gasteiger charge is 2.43. The summed E-state index contributed by atoms with van der Waals surface area (Å²) in [6.45, 7) is -0.0587. The fraction of sp³-hybridized carbons (Fsp3) is 0.0952. The topological polar surface area (TPSA) is 106 Å². The van der Waals surface area contributed by atoms with Gasteiger partial charge in [-0.3, -0.25) is 4.84 Å². The van der Waals surface area contributed by atoms with Gasteiger partial charge in [-0.15, -0.1) is 5.06 Å². The summed E-state index contributed by atoms with van der Waals surface area (Å²) in [6.07, 6.45) is -3.89. The number of hydrogen-bond donors (Lipinski definition) is 2. The molecule has 8 nitrogen and oxygen atoms in total. The van der Waals surface area contributed by atoms with Crippen LogP contribution >= 0.6 is 0 Å². The number of hydroxylamine groups is 2. The Labute approximate surface area is 179 Å². The summed E-state index contributed by atoms with van der Waals surface area (Å²) >= 11 is 0. The zero-order chi connectivity index (χ0) is 23.1. The molecule has 0 unspecified atom stereocenters. The van der Waals surface area contributed by atoms with Crippen molar-refractivity contribution in [2.24, 2.45) is 10.9 Å². The van der Waals surface area contributed by atoms with E-state index in [2.05, 4.69) is 9.94 Å². The number of amides is 2. The van der Waals surface area contributed by atoms with E-state index in [0.717, 1.165) is 0 Å². The molecule has 0 bridgehead atoms. The Kier molecular flexibility index (Phi) is 6.90. The summed E-state index contributed by atoms with van der Waals surface area (Å²) in [6, 6.07) is 16.7. The van der Waals surface area contributed by atoms with Crippen molar-refractivity contribution in [1.29, 1.82) is 0 Å². The van der Waals surface area contributed by atoms with Gasteiger partial charge < -0.3 is 10.7 Å². The van der Waals surface area contributed by atoms with Crippen LogP contribution in [0.4, 0.5) is 23.7 Å². The molecule has 3 aromatic rings. The monoisotopic (exact) mass is 446 g/mol. The zero-order valence-electron chi connectivity index (χ0n) is 16.4. The number of hydrogen-bond acceptors (Lipinski definition) is 6. The van der Waals surface area contributed by atoms with Crippen molar-refractivity contribution in [2.45, 2.75) is 12.8 Å². The van der Waals surface area contributed by atoms with Gasteiger partial charge in [-0.1, -0.05) is 48.5 Å². The van der Waals surface area contributed by atoms with Crippen LogP contribution in [-0.2, 0) is 21.1 Å². The Hall–Kier alpha value is -4.12. The molecule has 0 aromatic heterocycles. The van der Waals surface area contributed by atoms with Gasteiger partial charge in [0.2, 0.25) is 0 Å². The first-order valence-corrected chi connectivity index (χ1v) is 9.10. The van der Waals surface area contributed by atoms with E-state index in [1.54, 1.807) is 48.5 Å². The van der Waals surface area contributed by atoms with E-state index in [0.29, 0.717) is 21.9 Å². The molecular weight excluding hydrogens is 429 g/mol. The Morgan fingerprint density at radius 2 is 1.72 bits per heavy atom. The van der Waals surface area contributed by atoms with Gasteiger partial charge in [-0.25, -0.2) is 15.1 Å². The largest absolute Gasteiger partial charge is 0.493 e. The SMILES string of the molecule is N/N=C/c1ccc2cc(N(OC(=O)C(F)(F)F)C(=O)NOCc3ccccc3)ccc2c1. The maximum atomic E-state index is 12.7. The van der Waals surface area contributed by atoms with Gasteiger partial charge >= 0.3 is 18.2 Å². The fourth-order valence-corrected chi connectivity index (χ4v) is 2.69. The average molecular weight is 446 g/mol. The van der Waals surface area contributed by atoms with Crippen molar-refractivity contribution in [3.8, 4) is 0 Å². The average Bonchev–Trinajstić information content (AvgIpc) is 2.77. The lowest BCUT2D eigenvalue weighted by atomic mass is 10.1. The second kappa shape index (κ2) is 9.79. The van der Waals surface area contributed by atoms with E-state index in [4.69, 9.17) is 10.7 Å². The highest BCUT2D eigenvalue weighted by Crippen LogP contribution is 2.25. The number of halogens is 3. The molecule has 0 spiro atoms. The number of nitrogens with zero attached hydrogens (tertiary/aromatic N) is 2. The standard InChI is InChI=1S/C21H17F3N4O4/c22-21(23,24)19(29)32-28(20(30)27-31-13-14-4-2-1-3-5-14)18-9-8-16-10-15(12-26-25)6-7-17(16)11-18/h1-12H,13,25H2,(H,27,30)/b26-12+. The minimum absolute atomic E-state index is 0.0587. The molecule has 0 radical (unpaired) electrons. The number of rotatable bonds is 5. The zero-order valence-corrected chi connectivity index (χ0v) is 16.4. The molecule has 11 heteroatoms. The first-order chi connectivity index (χ1) is 15.3. The quantitative estimate of drug-likeness (QED) is 0.352. The molecule has 0 aliphatic carbocycles. The van der Waals surface area contributed by atoms with Crippen LogP contribution in [-0.4, -0.2) is 24.4 Å². The molecule has 0 saturated carbocycles. The van der Waals surface area contributed by atoms with Crippen LogP contribution in [0.15, 0.2) is 71.8 Å². The third kappa shape index (κ3) is 5.73. The molecule has 166 valence electrons. The summed E-state index contributed by atoms with van der Waals surface area (Å²) < 4.78 is 38.2. The predicted molar refractivity (Wildman–Crippen MR) is 110 cm³/mol. The normalized spacial score (nSPS) is 11.5. The Bertz CT molecular complexity index is 1140. The fourth-order valence-electron chi connectivity index (χ4n) is 2.69.